The monoisotopic (exact) mass is 255 g/mol. The third-order valence-electron chi connectivity index (χ3n) is 2.46. The van der Waals surface area contributed by atoms with E-state index >= 15 is 0 Å². The van der Waals surface area contributed by atoms with Crippen molar-refractivity contribution in [3.63, 3.8) is 0 Å². The largest absolute Gasteiger partial charge is 0.480 e. The van der Waals surface area contributed by atoms with Gasteiger partial charge in [0.1, 0.15) is 6.04 Å². The Morgan fingerprint density at radius 1 is 1.47 bits per heavy atom. The number of carbonyl (C=O) groups excluding carboxylic acids is 1. The molecule has 0 aromatic heterocycles. The molecule has 1 atom stereocenters. The van der Waals surface area contributed by atoms with Crippen LogP contribution in [0.25, 0.3) is 0 Å². The number of aryl methyl sites for hydroxylation is 1. The minimum atomic E-state index is -1.04. The Balaban J connectivity index is 2.89. The summed E-state index contributed by atoms with van der Waals surface area (Å²) in [5.74, 6) is -1.46. The van der Waals surface area contributed by atoms with Gasteiger partial charge in [0.15, 0.2) is 0 Å². The van der Waals surface area contributed by atoms with Gasteiger partial charge in [0.2, 0.25) is 0 Å². The number of carbonyl (C=O) groups is 2. The lowest BCUT2D eigenvalue weighted by Gasteiger charge is -2.13. The van der Waals surface area contributed by atoms with Crippen molar-refractivity contribution in [2.24, 2.45) is 0 Å². The fourth-order valence-electron chi connectivity index (χ4n) is 1.41. The molecule has 1 aromatic rings. The maximum atomic E-state index is 11.9. The van der Waals surface area contributed by atoms with Gasteiger partial charge in [-0.15, -0.1) is 0 Å². The van der Waals surface area contributed by atoms with Crippen LogP contribution in [0.2, 0.25) is 5.02 Å². The first-order valence-electron chi connectivity index (χ1n) is 5.25. The lowest BCUT2D eigenvalue weighted by Crippen LogP contribution is -2.40. The molecule has 0 spiro atoms. The molecule has 1 amide bonds. The van der Waals surface area contributed by atoms with Crippen LogP contribution in [0.1, 0.15) is 29.3 Å². The van der Waals surface area contributed by atoms with Gasteiger partial charge in [-0.2, -0.15) is 0 Å². The van der Waals surface area contributed by atoms with Gasteiger partial charge in [-0.3, -0.25) is 4.79 Å². The lowest BCUT2D eigenvalue weighted by molar-refractivity contribution is -0.139. The van der Waals surface area contributed by atoms with Crippen LogP contribution < -0.4 is 5.32 Å². The van der Waals surface area contributed by atoms with Gasteiger partial charge in [0.05, 0.1) is 0 Å². The predicted octanol–water partition coefficient (Wildman–Crippen LogP) is 2.24. The number of benzene rings is 1. The highest BCUT2D eigenvalue weighted by Crippen LogP contribution is 2.15. The van der Waals surface area contributed by atoms with Crippen LogP contribution in [0.5, 0.6) is 0 Å². The van der Waals surface area contributed by atoms with Crippen LogP contribution in [0.15, 0.2) is 18.2 Å². The fourth-order valence-corrected chi connectivity index (χ4v) is 1.59. The molecular weight excluding hydrogens is 242 g/mol. The second-order valence-electron chi connectivity index (χ2n) is 3.73. The second kappa shape index (κ2) is 5.68. The van der Waals surface area contributed by atoms with E-state index in [1.165, 1.54) is 6.07 Å². The molecule has 92 valence electrons. The summed E-state index contributed by atoms with van der Waals surface area (Å²) in [5, 5.41) is 11.8. The summed E-state index contributed by atoms with van der Waals surface area (Å²) in [6.07, 6.45) is 0.334. The minimum Gasteiger partial charge on any atom is -0.480 e. The molecule has 0 heterocycles. The molecule has 5 heteroatoms. The summed E-state index contributed by atoms with van der Waals surface area (Å²) < 4.78 is 0. The number of nitrogens with one attached hydrogen (secondary N) is 1. The highest BCUT2D eigenvalue weighted by atomic mass is 35.5. The topological polar surface area (TPSA) is 66.4 Å². The van der Waals surface area contributed by atoms with Crippen LogP contribution in [0.3, 0.4) is 0 Å². The van der Waals surface area contributed by atoms with E-state index in [1.54, 1.807) is 26.0 Å². The summed E-state index contributed by atoms with van der Waals surface area (Å²) in [7, 11) is 0. The van der Waals surface area contributed by atoms with E-state index in [2.05, 4.69) is 5.32 Å². The van der Waals surface area contributed by atoms with E-state index in [4.69, 9.17) is 16.7 Å². The summed E-state index contributed by atoms with van der Waals surface area (Å²) in [6, 6.07) is 4.06. The zero-order valence-electron chi connectivity index (χ0n) is 9.66. The van der Waals surface area contributed by atoms with E-state index in [0.717, 1.165) is 5.56 Å². The summed E-state index contributed by atoms with van der Waals surface area (Å²) >= 11 is 5.80. The Labute approximate surface area is 105 Å². The average Bonchev–Trinajstić information content (AvgIpc) is 2.28. The highest BCUT2D eigenvalue weighted by molar-refractivity contribution is 6.31. The SMILES string of the molecule is CC[C@H](NC(=O)c1cc(Cl)ccc1C)C(=O)O. The van der Waals surface area contributed by atoms with Gasteiger partial charge in [0.25, 0.3) is 5.91 Å². The van der Waals surface area contributed by atoms with E-state index in [1.807, 2.05) is 0 Å². The first kappa shape index (κ1) is 13.5. The van der Waals surface area contributed by atoms with Crippen molar-refractivity contribution < 1.29 is 14.7 Å². The Hall–Kier alpha value is -1.55. The van der Waals surface area contributed by atoms with Crippen molar-refractivity contribution in [2.45, 2.75) is 26.3 Å². The molecule has 0 saturated carbocycles. The summed E-state index contributed by atoms with van der Waals surface area (Å²) in [4.78, 5) is 22.7. The normalized spacial score (nSPS) is 11.9. The Bertz CT molecular complexity index is 445. The molecule has 2 N–H and O–H groups in total. The van der Waals surface area contributed by atoms with Crippen LogP contribution in [0, 0.1) is 6.92 Å². The van der Waals surface area contributed by atoms with E-state index in [9.17, 15) is 9.59 Å². The highest BCUT2D eigenvalue weighted by Gasteiger charge is 2.19. The Morgan fingerprint density at radius 3 is 2.65 bits per heavy atom. The van der Waals surface area contributed by atoms with Gasteiger partial charge in [-0.25, -0.2) is 4.79 Å². The lowest BCUT2D eigenvalue weighted by atomic mass is 10.1. The van der Waals surface area contributed by atoms with Crippen molar-refractivity contribution in [2.75, 3.05) is 0 Å². The molecule has 0 aliphatic heterocycles. The number of carboxylic acids is 1. The molecular formula is C12H14ClNO3. The van der Waals surface area contributed by atoms with Crippen LogP contribution in [-0.4, -0.2) is 23.0 Å². The third kappa shape index (κ3) is 3.46. The zero-order valence-corrected chi connectivity index (χ0v) is 10.4. The molecule has 0 aliphatic carbocycles. The molecule has 4 nitrogen and oxygen atoms in total. The molecule has 0 unspecified atom stereocenters. The molecule has 1 rings (SSSR count). The summed E-state index contributed by atoms with van der Waals surface area (Å²) in [6.45, 7) is 3.47. The van der Waals surface area contributed by atoms with Crippen molar-refractivity contribution >= 4 is 23.5 Å². The molecule has 0 fully saturated rings. The van der Waals surface area contributed by atoms with Crippen LogP contribution in [0.4, 0.5) is 0 Å². The fraction of sp³-hybridized carbons (Fsp3) is 0.333. The first-order valence-corrected chi connectivity index (χ1v) is 5.63. The first-order chi connectivity index (χ1) is 7.95. The predicted molar refractivity (Wildman–Crippen MR) is 65.4 cm³/mol. The van der Waals surface area contributed by atoms with Crippen LogP contribution >= 0.6 is 11.6 Å². The molecule has 17 heavy (non-hydrogen) atoms. The quantitative estimate of drug-likeness (QED) is 0.867. The number of amides is 1. The van der Waals surface area contributed by atoms with E-state index in [0.29, 0.717) is 17.0 Å². The number of aliphatic carboxylic acids is 1. The maximum absolute atomic E-state index is 11.9. The Morgan fingerprint density at radius 2 is 2.12 bits per heavy atom. The van der Waals surface area contributed by atoms with Gasteiger partial charge in [-0.1, -0.05) is 24.6 Å². The van der Waals surface area contributed by atoms with Crippen LogP contribution in [-0.2, 0) is 4.79 Å². The Kier molecular flexibility index (Phi) is 4.52. The smallest absolute Gasteiger partial charge is 0.326 e. The van der Waals surface area contributed by atoms with Gasteiger partial charge >= 0.3 is 5.97 Å². The van der Waals surface area contributed by atoms with E-state index < -0.39 is 17.9 Å². The number of carboxylic acid groups (broad SMARTS) is 1. The maximum Gasteiger partial charge on any atom is 0.326 e. The third-order valence-corrected chi connectivity index (χ3v) is 2.69. The number of halogens is 1. The molecule has 1 aromatic carbocycles. The van der Waals surface area contributed by atoms with E-state index in [-0.39, 0.29) is 0 Å². The molecule has 0 radical (unpaired) electrons. The average molecular weight is 256 g/mol. The number of hydrogen-bond donors (Lipinski definition) is 2. The zero-order chi connectivity index (χ0) is 13.0. The molecule has 0 bridgehead atoms. The number of hydrogen-bond acceptors (Lipinski definition) is 2. The van der Waals surface area contributed by atoms with Crippen molar-refractivity contribution in [3.05, 3.63) is 34.3 Å². The van der Waals surface area contributed by atoms with Crippen molar-refractivity contribution in [1.82, 2.24) is 5.32 Å². The van der Waals surface area contributed by atoms with Crippen molar-refractivity contribution in [3.8, 4) is 0 Å². The minimum absolute atomic E-state index is 0.334. The van der Waals surface area contributed by atoms with Gasteiger partial charge < -0.3 is 10.4 Å². The standard InChI is InChI=1S/C12H14ClNO3/c1-3-10(12(16)17)14-11(15)9-6-8(13)5-4-7(9)2/h4-6,10H,3H2,1-2H3,(H,14,15)(H,16,17)/t10-/m0/s1. The molecule has 0 saturated heterocycles. The number of rotatable bonds is 4. The molecule has 0 aliphatic rings. The van der Waals surface area contributed by atoms with Crippen molar-refractivity contribution in [1.29, 1.82) is 0 Å². The van der Waals surface area contributed by atoms with Gasteiger partial charge in [-0.05, 0) is 31.0 Å². The summed E-state index contributed by atoms with van der Waals surface area (Å²) in [5.41, 5.74) is 1.16. The van der Waals surface area contributed by atoms with Gasteiger partial charge in [0, 0.05) is 10.6 Å². The second-order valence-corrected chi connectivity index (χ2v) is 4.17.